The lowest BCUT2D eigenvalue weighted by atomic mass is 10.0. The average Bonchev–Trinajstić information content (AvgIpc) is 2.99. The van der Waals surface area contributed by atoms with E-state index in [-0.39, 0.29) is 11.3 Å². The molecule has 3 aromatic carbocycles. The average molecular weight is 467 g/mol. The van der Waals surface area contributed by atoms with Crippen LogP contribution in [0.3, 0.4) is 0 Å². The van der Waals surface area contributed by atoms with E-state index >= 15 is 0 Å². The quantitative estimate of drug-likeness (QED) is 0.446. The van der Waals surface area contributed by atoms with Crippen LogP contribution in [0.15, 0.2) is 72.4 Å². The largest absolute Gasteiger partial charge is 0.494 e. The van der Waals surface area contributed by atoms with Crippen LogP contribution in [-0.2, 0) is 9.59 Å². The number of ether oxygens (including phenoxy) is 1. The summed E-state index contributed by atoms with van der Waals surface area (Å²) in [5, 5.41) is 4.21. The van der Waals surface area contributed by atoms with Crippen molar-refractivity contribution >= 4 is 52.0 Å². The Kier molecular flexibility index (Phi) is 6.21. The van der Waals surface area contributed by atoms with Crippen LogP contribution in [0.4, 0.5) is 11.4 Å². The molecule has 4 rings (SSSR count). The number of carbonyl (C=O) groups excluding carboxylic acids is 2. The Labute approximate surface area is 196 Å². The van der Waals surface area contributed by atoms with Crippen molar-refractivity contribution in [1.29, 1.82) is 0 Å². The van der Waals surface area contributed by atoms with Gasteiger partial charge in [-0.05, 0) is 67.4 Å². The van der Waals surface area contributed by atoms with Gasteiger partial charge in [0.15, 0.2) is 0 Å². The first kappa shape index (κ1) is 21.9. The standard InChI is InChI=1S/C25H20Cl2N2O3/c1-3-32-20-6-4-5-19(14-20)28-23-22(16-7-9-17(26)10-8-16)24(30)29(25(23)31)21-12-11-18(27)13-15(21)2/h4-14,28H,3H2,1-2H3. The molecule has 5 nitrogen and oxygen atoms in total. The first-order valence-corrected chi connectivity index (χ1v) is 10.8. The Morgan fingerprint density at radius 3 is 2.31 bits per heavy atom. The number of rotatable bonds is 6. The number of aryl methyl sites for hydroxylation is 1. The fraction of sp³-hybridized carbons (Fsp3) is 0.120. The van der Waals surface area contributed by atoms with Gasteiger partial charge in [0.2, 0.25) is 0 Å². The molecule has 0 bridgehead atoms. The van der Waals surface area contributed by atoms with Crippen LogP contribution in [0, 0.1) is 6.92 Å². The van der Waals surface area contributed by atoms with Crippen molar-refractivity contribution in [3.05, 3.63) is 93.6 Å². The number of halogens is 2. The Morgan fingerprint density at radius 1 is 0.906 bits per heavy atom. The maximum absolute atomic E-state index is 13.5. The first-order chi connectivity index (χ1) is 15.4. The number of nitrogens with one attached hydrogen (secondary N) is 1. The fourth-order valence-electron chi connectivity index (χ4n) is 3.59. The van der Waals surface area contributed by atoms with Gasteiger partial charge in [-0.2, -0.15) is 0 Å². The molecule has 7 heteroatoms. The molecule has 3 aromatic rings. The molecule has 0 aliphatic carbocycles. The van der Waals surface area contributed by atoms with Crippen LogP contribution in [0.25, 0.3) is 5.57 Å². The van der Waals surface area contributed by atoms with E-state index in [4.69, 9.17) is 27.9 Å². The second-order valence-electron chi connectivity index (χ2n) is 7.22. The number of hydrogen-bond donors (Lipinski definition) is 1. The molecular formula is C25H20Cl2N2O3. The summed E-state index contributed by atoms with van der Waals surface area (Å²) in [5.41, 5.74) is 2.87. The minimum atomic E-state index is -0.452. The second-order valence-corrected chi connectivity index (χ2v) is 8.09. The van der Waals surface area contributed by atoms with Crippen molar-refractivity contribution in [3.8, 4) is 5.75 Å². The number of amides is 2. The number of imide groups is 1. The number of carbonyl (C=O) groups is 2. The van der Waals surface area contributed by atoms with Gasteiger partial charge in [-0.15, -0.1) is 0 Å². The Morgan fingerprint density at radius 2 is 1.62 bits per heavy atom. The van der Waals surface area contributed by atoms with Crippen molar-refractivity contribution in [2.45, 2.75) is 13.8 Å². The number of benzene rings is 3. The zero-order valence-corrected chi connectivity index (χ0v) is 19.0. The van der Waals surface area contributed by atoms with Crippen LogP contribution < -0.4 is 15.0 Å². The molecule has 0 aromatic heterocycles. The van der Waals surface area contributed by atoms with Crippen molar-refractivity contribution in [3.63, 3.8) is 0 Å². The smallest absolute Gasteiger partial charge is 0.282 e. The normalized spacial score (nSPS) is 13.7. The molecule has 32 heavy (non-hydrogen) atoms. The van der Waals surface area contributed by atoms with Gasteiger partial charge in [-0.1, -0.05) is 41.4 Å². The molecule has 162 valence electrons. The molecular weight excluding hydrogens is 447 g/mol. The van der Waals surface area contributed by atoms with Crippen LogP contribution in [0.1, 0.15) is 18.1 Å². The van der Waals surface area contributed by atoms with Crippen molar-refractivity contribution in [2.24, 2.45) is 0 Å². The Balaban J connectivity index is 1.81. The maximum atomic E-state index is 13.5. The lowest BCUT2D eigenvalue weighted by Gasteiger charge is -2.18. The highest BCUT2D eigenvalue weighted by molar-refractivity contribution is 6.46. The van der Waals surface area contributed by atoms with Crippen molar-refractivity contribution < 1.29 is 14.3 Å². The third-order valence-corrected chi connectivity index (χ3v) is 5.52. The van der Waals surface area contributed by atoms with Crippen LogP contribution in [0.5, 0.6) is 5.75 Å². The molecule has 0 radical (unpaired) electrons. The lowest BCUT2D eigenvalue weighted by molar-refractivity contribution is -0.120. The summed E-state index contributed by atoms with van der Waals surface area (Å²) >= 11 is 12.1. The van der Waals surface area contributed by atoms with E-state index in [0.717, 1.165) is 0 Å². The summed E-state index contributed by atoms with van der Waals surface area (Å²) in [6.45, 7) is 4.22. The van der Waals surface area contributed by atoms with E-state index in [2.05, 4.69) is 5.32 Å². The molecule has 0 saturated carbocycles. The maximum Gasteiger partial charge on any atom is 0.282 e. The van der Waals surface area contributed by atoms with E-state index in [0.29, 0.717) is 44.9 Å². The predicted molar refractivity (Wildman–Crippen MR) is 128 cm³/mol. The van der Waals surface area contributed by atoms with Gasteiger partial charge < -0.3 is 10.1 Å². The Hall–Kier alpha value is -3.28. The predicted octanol–water partition coefficient (Wildman–Crippen LogP) is 6.10. The van der Waals surface area contributed by atoms with Gasteiger partial charge in [0.25, 0.3) is 11.8 Å². The number of anilines is 2. The summed E-state index contributed by atoms with van der Waals surface area (Å²) in [6.07, 6.45) is 0. The van der Waals surface area contributed by atoms with Gasteiger partial charge in [-0.3, -0.25) is 9.59 Å². The van der Waals surface area contributed by atoms with E-state index < -0.39 is 11.8 Å². The third-order valence-electron chi connectivity index (χ3n) is 5.03. The summed E-state index contributed by atoms with van der Waals surface area (Å²) in [5.74, 6) is -0.216. The monoisotopic (exact) mass is 466 g/mol. The van der Waals surface area contributed by atoms with Crippen LogP contribution in [-0.4, -0.2) is 18.4 Å². The molecule has 0 saturated heterocycles. The number of nitrogens with zero attached hydrogens (tertiary/aromatic N) is 1. The molecule has 0 unspecified atom stereocenters. The van der Waals surface area contributed by atoms with E-state index in [1.54, 1.807) is 55.5 Å². The van der Waals surface area contributed by atoms with E-state index in [9.17, 15) is 9.59 Å². The molecule has 0 spiro atoms. The van der Waals surface area contributed by atoms with Gasteiger partial charge in [0.1, 0.15) is 11.4 Å². The zero-order chi connectivity index (χ0) is 22.8. The summed E-state index contributed by atoms with van der Waals surface area (Å²) in [4.78, 5) is 28.2. The molecule has 0 atom stereocenters. The summed E-state index contributed by atoms with van der Waals surface area (Å²) in [6, 6.07) is 19.1. The topological polar surface area (TPSA) is 58.6 Å². The van der Waals surface area contributed by atoms with E-state index in [1.807, 2.05) is 25.1 Å². The minimum absolute atomic E-state index is 0.181. The number of hydrogen-bond acceptors (Lipinski definition) is 4. The highest BCUT2D eigenvalue weighted by Crippen LogP contribution is 2.36. The molecule has 1 aliphatic heterocycles. The SMILES string of the molecule is CCOc1cccc(NC2=C(c3ccc(Cl)cc3)C(=O)N(c3ccc(Cl)cc3C)C2=O)c1. The molecule has 2 amide bonds. The molecule has 1 heterocycles. The van der Waals surface area contributed by atoms with E-state index in [1.165, 1.54) is 4.90 Å². The van der Waals surface area contributed by atoms with Crippen molar-refractivity contribution in [2.75, 3.05) is 16.8 Å². The van der Waals surface area contributed by atoms with Crippen LogP contribution in [0.2, 0.25) is 10.0 Å². The highest BCUT2D eigenvalue weighted by atomic mass is 35.5. The minimum Gasteiger partial charge on any atom is -0.494 e. The van der Waals surface area contributed by atoms with Crippen LogP contribution >= 0.6 is 23.2 Å². The van der Waals surface area contributed by atoms with Gasteiger partial charge in [0, 0.05) is 21.8 Å². The lowest BCUT2D eigenvalue weighted by Crippen LogP contribution is -2.33. The highest BCUT2D eigenvalue weighted by Gasteiger charge is 2.40. The third kappa shape index (κ3) is 4.22. The molecule has 1 N–H and O–H groups in total. The first-order valence-electron chi connectivity index (χ1n) is 10.0. The zero-order valence-electron chi connectivity index (χ0n) is 17.5. The molecule has 0 fully saturated rings. The Bertz CT molecular complexity index is 1240. The molecule has 1 aliphatic rings. The summed E-state index contributed by atoms with van der Waals surface area (Å²) < 4.78 is 5.56. The summed E-state index contributed by atoms with van der Waals surface area (Å²) in [7, 11) is 0. The van der Waals surface area contributed by atoms with Gasteiger partial charge >= 0.3 is 0 Å². The van der Waals surface area contributed by atoms with Gasteiger partial charge in [-0.25, -0.2) is 4.90 Å². The second kappa shape index (κ2) is 9.07. The van der Waals surface area contributed by atoms with Crippen molar-refractivity contribution in [1.82, 2.24) is 0 Å². The van der Waals surface area contributed by atoms with Gasteiger partial charge in [0.05, 0.1) is 17.9 Å². The fourth-order valence-corrected chi connectivity index (χ4v) is 3.95.